The molecule has 128 valence electrons. The first-order valence-corrected chi connectivity index (χ1v) is 8.68. The van der Waals surface area contributed by atoms with Crippen molar-refractivity contribution in [2.24, 2.45) is 0 Å². The van der Waals surface area contributed by atoms with E-state index in [4.69, 9.17) is 0 Å². The Morgan fingerprint density at radius 3 is 2.92 bits per heavy atom. The molecule has 2 aromatic heterocycles. The quantitative estimate of drug-likeness (QED) is 0.676. The molecule has 1 saturated carbocycles. The molecule has 0 unspecified atom stereocenters. The van der Waals surface area contributed by atoms with Crippen molar-refractivity contribution in [1.82, 2.24) is 15.0 Å². The molecule has 1 aliphatic carbocycles. The van der Waals surface area contributed by atoms with Gasteiger partial charge in [-0.15, -0.1) is 0 Å². The van der Waals surface area contributed by atoms with Gasteiger partial charge in [-0.2, -0.15) is 0 Å². The molecule has 0 saturated heterocycles. The van der Waals surface area contributed by atoms with E-state index in [1.165, 1.54) is 12.8 Å². The van der Waals surface area contributed by atoms with Crippen molar-refractivity contribution in [1.29, 1.82) is 0 Å². The van der Waals surface area contributed by atoms with E-state index in [0.29, 0.717) is 23.4 Å². The third-order valence-electron chi connectivity index (χ3n) is 4.62. The maximum Gasteiger partial charge on any atom is 0.261 e. The maximum atomic E-state index is 12.7. The number of nitrogens with zero attached hydrogens (tertiary/aromatic N) is 2. The molecule has 0 atom stereocenters. The SMILES string of the molecule is Cc1ccc2nc(NC(=O)c3cccnc3NC3CCCC3)[nH]c2c1. The number of H-pyrrole nitrogens is 1. The normalized spacial score (nSPS) is 14.8. The Balaban J connectivity index is 1.55. The number of hydrogen-bond acceptors (Lipinski definition) is 4. The van der Waals surface area contributed by atoms with Gasteiger partial charge >= 0.3 is 0 Å². The van der Waals surface area contributed by atoms with Gasteiger partial charge in [-0.25, -0.2) is 9.97 Å². The monoisotopic (exact) mass is 335 g/mol. The molecule has 4 rings (SSSR count). The van der Waals surface area contributed by atoms with Crippen molar-refractivity contribution >= 4 is 28.7 Å². The van der Waals surface area contributed by atoms with Gasteiger partial charge in [-0.05, 0) is 49.6 Å². The van der Waals surface area contributed by atoms with E-state index in [1.807, 2.05) is 25.1 Å². The van der Waals surface area contributed by atoms with Gasteiger partial charge in [0.05, 0.1) is 16.6 Å². The number of rotatable bonds is 4. The Morgan fingerprint density at radius 1 is 1.24 bits per heavy atom. The van der Waals surface area contributed by atoms with Gasteiger partial charge in [0, 0.05) is 12.2 Å². The number of aryl methyl sites for hydroxylation is 1. The second-order valence-corrected chi connectivity index (χ2v) is 6.59. The predicted molar refractivity (Wildman–Crippen MR) is 98.9 cm³/mol. The molecule has 0 radical (unpaired) electrons. The Morgan fingerprint density at radius 2 is 2.08 bits per heavy atom. The fourth-order valence-corrected chi connectivity index (χ4v) is 3.32. The van der Waals surface area contributed by atoms with Gasteiger partial charge in [0.25, 0.3) is 5.91 Å². The molecule has 1 aliphatic rings. The topological polar surface area (TPSA) is 82.7 Å². The van der Waals surface area contributed by atoms with Gasteiger partial charge in [0.2, 0.25) is 5.95 Å². The summed E-state index contributed by atoms with van der Waals surface area (Å²) in [6.07, 6.45) is 6.41. The van der Waals surface area contributed by atoms with Crippen LogP contribution in [0.25, 0.3) is 11.0 Å². The van der Waals surface area contributed by atoms with Crippen molar-refractivity contribution < 1.29 is 4.79 Å². The summed E-state index contributed by atoms with van der Waals surface area (Å²) < 4.78 is 0. The molecule has 6 heteroatoms. The highest BCUT2D eigenvalue weighted by molar-refractivity contribution is 6.07. The zero-order valence-electron chi connectivity index (χ0n) is 14.2. The lowest BCUT2D eigenvalue weighted by Gasteiger charge is -2.15. The van der Waals surface area contributed by atoms with E-state index in [-0.39, 0.29) is 5.91 Å². The van der Waals surface area contributed by atoms with Gasteiger partial charge in [0.15, 0.2) is 0 Å². The van der Waals surface area contributed by atoms with E-state index >= 15 is 0 Å². The largest absolute Gasteiger partial charge is 0.367 e. The molecule has 2 heterocycles. The van der Waals surface area contributed by atoms with Crippen LogP contribution >= 0.6 is 0 Å². The highest BCUT2D eigenvalue weighted by atomic mass is 16.1. The standard InChI is InChI=1S/C19H21N5O/c1-12-8-9-15-16(11-12)23-19(22-15)24-18(25)14-7-4-10-20-17(14)21-13-5-2-3-6-13/h4,7-11,13H,2-3,5-6H2,1H3,(H,20,21)(H2,22,23,24,25). The molecule has 1 fully saturated rings. The molecule has 0 spiro atoms. The fourth-order valence-electron chi connectivity index (χ4n) is 3.32. The van der Waals surface area contributed by atoms with Crippen LogP contribution in [-0.2, 0) is 0 Å². The number of nitrogens with one attached hydrogen (secondary N) is 3. The van der Waals surface area contributed by atoms with Gasteiger partial charge in [0.1, 0.15) is 5.82 Å². The van der Waals surface area contributed by atoms with Crippen LogP contribution in [0.3, 0.4) is 0 Å². The molecular formula is C19H21N5O. The van der Waals surface area contributed by atoms with Crippen LogP contribution < -0.4 is 10.6 Å². The number of anilines is 2. The number of carbonyl (C=O) groups excluding carboxylic acids is 1. The average Bonchev–Trinajstić information content (AvgIpc) is 3.24. The number of fused-ring (bicyclic) bond motifs is 1. The third-order valence-corrected chi connectivity index (χ3v) is 4.62. The summed E-state index contributed by atoms with van der Waals surface area (Å²) in [6.45, 7) is 2.02. The Bertz CT molecular complexity index is 911. The summed E-state index contributed by atoms with van der Waals surface area (Å²) in [5, 5.41) is 6.25. The van der Waals surface area contributed by atoms with Gasteiger partial charge < -0.3 is 10.3 Å². The summed E-state index contributed by atoms with van der Waals surface area (Å²) in [5.41, 5.74) is 3.41. The summed E-state index contributed by atoms with van der Waals surface area (Å²) in [6, 6.07) is 9.90. The Hall–Kier alpha value is -2.89. The number of pyridine rings is 1. The smallest absolute Gasteiger partial charge is 0.261 e. The second kappa shape index (κ2) is 6.55. The highest BCUT2D eigenvalue weighted by Gasteiger charge is 2.19. The molecule has 6 nitrogen and oxygen atoms in total. The first-order valence-electron chi connectivity index (χ1n) is 8.68. The van der Waals surface area contributed by atoms with Crippen LogP contribution in [0.4, 0.5) is 11.8 Å². The fraction of sp³-hybridized carbons (Fsp3) is 0.316. The average molecular weight is 335 g/mol. The number of aromatic nitrogens is 3. The lowest BCUT2D eigenvalue weighted by atomic mass is 10.2. The molecule has 1 aromatic carbocycles. The predicted octanol–water partition coefficient (Wildman–Crippen LogP) is 3.87. The van der Waals surface area contributed by atoms with Crippen molar-refractivity contribution in [2.75, 3.05) is 10.6 Å². The minimum atomic E-state index is -0.218. The minimum Gasteiger partial charge on any atom is -0.367 e. The first-order chi connectivity index (χ1) is 12.2. The maximum absolute atomic E-state index is 12.7. The van der Waals surface area contributed by atoms with E-state index < -0.39 is 0 Å². The molecule has 0 aliphatic heterocycles. The van der Waals surface area contributed by atoms with Crippen LogP contribution in [0.1, 0.15) is 41.6 Å². The van der Waals surface area contributed by atoms with E-state index in [9.17, 15) is 4.79 Å². The van der Waals surface area contributed by atoms with Gasteiger partial charge in [-0.3, -0.25) is 10.1 Å². The summed E-state index contributed by atoms with van der Waals surface area (Å²) in [7, 11) is 0. The van der Waals surface area contributed by atoms with E-state index in [1.54, 1.807) is 18.3 Å². The number of carbonyl (C=O) groups is 1. The van der Waals surface area contributed by atoms with Crippen LogP contribution in [0, 0.1) is 6.92 Å². The molecule has 1 amide bonds. The second-order valence-electron chi connectivity index (χ2n) is 6.59. The molecular weight excluding hydrogens is 314 g/mol. The highest BCUT2D eigenvalue weighted by Crippen LogP contribution is 2.23. The summed E-state index contributed by atoms with van der Waals surface area (Å²) >= 11 is 0. The van der Waals surface area contributed by atoms with E-state index in [0.717, 1.165) is 29.4 Å². The van der Waals surface area contributed by atoms with Crippen LogP contribution in [0.15, 0.2) is 36.5 Å². The third kappa shape index (κ3) is 3.33. The minimum absolute atomic E-state index is 0.218. The summed E-state index contributed by atoms with van der Waals surface area (Å²) in [4.78, 5) is 24.6. The van der Waals surface area contributed by atoms with Crippen LogP contribution in [-0.4, -0.2) is 26.9 Å². The number of aromatic amines is 1. The van der Waals surface area contributed by atoms with Crippen molar-refractivity contribution in [3.05, 3.63) is 47.7 Å². The van der Waals surface area contributed by atoms with Crippen molar-refractivity contribution in [2.45, 2.75) is 38.6 Å². The number of imidazole rings is 1. The van der Waals surface area contributed by atoms with Crippen LogP contribution in [0.2, 0.25) is 0 Å². The van der Waals surface area contributed by atoms with E-state index in [2.05, 4.69) is 25.6 Å². The zero-order chi connectivity index (χ0) is 17.2. The van der Waals surface area contributed by atoms with Crippen LogP contribution in [0.5, 0.6) is 0 Å². The number of hydrogen-bond donors (Lipinski definition) is 3. The van der Waals surface area contributed by atoms with Gasteiger partial charge in [-0.1, -0.05) is 18.9 Å². The molecule has 3 aromatic rings. The Labute approximate surface area is 146 Å². The Kier molecular flexibility index (Phi) is 4.09. The molecule has 25 heavy (non-hydrogen) atoms. The molecule has 3 N–H and O–H groups in total. The molecule has 0 bridgehead atoms. The van der Waals surface area contributed by atoms with Crippen molar-refractivity contribution in [3.8, 4) is 0 Å². The van der Waals surface area contributed by atoms with Crippen molar-refractivity contribution in [3.63, 3.8) is 0 Å². The lowest BCUT2D eigenvalue weighted by Crippen LogP contribution is -2.21. The first kappa shape index (κ1) is 15.6. The summed E-state index contributed by atoms with van der Waals surface area (Å²) in [5.74, 6) is 0.865. The lowest BCUT2D eigenvalue weighted by molar-refractivity contribution is 0.102. The zero-order valence-corrected chi connectivity index (χ0v) is 14.2. The number of amides is 1. The number of benzene rings is 1.